The topological polar surface area (TPSA) is 75.7 Å². The minimum Gasteiger partial charge on any atom is -0.444 e. The summed E-state index contributed by atoms with van der Waals surface area (Å²) in [6.45, 7) is 5.61. The first kappa shape index (κ1) is 18.4. The Morgan fingerprint density at radius 3 is 2.12 bits per heavy atom. The number of nitrogens with zero attached hydrogens (tertiary/aromatic N) is 1. The van der Waals surface area contributed by atoms with E-state index >= 15 is 0 Å². The first-order valence-corrected chi connectivity index (χ1v) is 9.17. The minimum atomic E-state index is -0.631. The zero-order chi connectivity index (χ0) is 18.9. The van der Waals surface area contributed by atoms with Crippen molar-refractivity contribution in [3.63, 3.8) is 0 Å². The third-order valence-electron chi connectivity index (χ3n) is 4.92. The molecule has 1 aromatic rings. The maximum absolute atomic E-state index is 12.7. The number of benzene rings is 1. The lowest BCUT2D eigenvalue weighted by Crippen LogP contribution is -2.58. The second-order valence-corrected chi connectivity index (χ2v) is 8.21. The second-order valence-electron chi connectivity index (χ2n) is 8.21. The zero-order valence-corrected chi connectivity index (χ0v) is 15.6. The number of hydrogen-bond donors (Lipinski definition) is 1. The molecule has 1 heterocycles. The van der Waals surface area contributed by atoms with Gasteiger partial charge in [0.1, 0.15) is 5.60 Å². The van der Waals surface area contributed by atoms with E-state index in [-0.39, 0.29) is 18.4 Å². The summed E-state index contributed by atoms with van der Waals surface area (Å²) in [5.74, 6) is -0.580. The lowest BCUT2D eigenvalue weighted by Gasteiger charge is -2.40. The lowest BCUT2D eigenvalue weighted by molar-refractivity contribution is 0.0349. The largest absolute Gasteiger partial charge is 0.444 e. The molecule has 6 heteroatoms. The summed E-state index contributed by atoms with van der Waals surface area (Å²) in [6, 6.07) is 6.85. The van der Waals surface area contributed by atoms with E-state index in [1.807, 2.05) is 20.8 Å². The standard InChI is InChI=1S/C20H26N2O4/c1-19(2,3)26-18(25)21-20(11-7-4-8-12-20)13-22-16(23)14-9-5-6-10-15(14)17(22)24/h5-6,9-10H,4,7-8,11-13H2,1-3H3,(H,21,25). The number of carbonyl (C=O) groups excluding carboxylic acids is 3. The van der Waals surface area contributed by atoms with Crippen LogP contribution in [0, 0.1) is 0 Å². The molecule has 0 bridgehead atoms. The van der Waals surface area contributed by atoms with E-state index in [4.69, 9.17) is 4.74 Å². The summed E-state index contributed by atoms with van der Waals surface area (Å²) in [5, 5.41) is 2.98. The second kappa shape index (κ2) is 6.74. The van der Waals surface area contributed by atoms with Crippen molar-refractivity contribution in [1.82, 2.24) is 10.2 Å². The van der Waals surface area contributed by atoms with Crippen LogP contribution in [0.4, 0.5) is 4.79 Å². The van der Waals surface area contributed by atoms with Crippen LogP contribution in [-0.4, -0.2) is 40.5 Å². The molecule has 1 aliphatic heterocycles. The number of alkyl carbamates (subject to hydrolysis) is 1. The van der Waals surface area contributed by atoms with Gasteiger partial charge in [-0.15, -0.1) is 0 Å². The number of ether oxygens (including phenoxy) is 1. The summed E-state index contributed by atoms with van der Waals surface area (Å²) < 4.78 is 5.41. The molecule has 0 atom stereocenters. The molecule has 1 aromatic carbocycles. The van der Waals surface area contributed by atoms with Gasteiger partial charge in [0.25, 0.3) is 11.8 Å². The van der Waals surface area contributed by atoms with Crippen LogP contribution in [-0.2, 0) is 4.74 Å². The molecule has 6 nitrogen and oxygen atoms in total. The zero-order valence-electron chi connectivity index (χ0n) is 15.6. The number of imide groups is 1. The van der Waals surface area contributed by atoms with Gasteiger partial charge in [-0.3, -0.25) is 14.5 Å². The van der Waals surface area contributed by atoms with Gasteiger partial charge < -0.3 is 10.1 Å². The molecule has 0 saturated heterocycles. The molecular formula is C20H26N2O4. The van der Waals surface area contributed by atoms with Gasteiger partial charge >= 0.3 is 6.09 Å². The van der Waals surface area contributed by atoms with Crippen LogP contribution in [0.15, 0.2) is 24.3 Å². The molecule has 1 saturated carbocycles. The van der Waals surface area contributed by atoms with Crippen LogP contribution in [0.3, 0.4) is 0 Å². The van der Waals surface area contributed by atoms with Crippen molar-refractivity contribution in [3.05, 3.63) is 35.4 Å². The quantitative estimate of drug-likeness (QED) is 0.839. The van der Waals surface area contributed by atoms with Crippen LogP contribution in [0.1, 0.15) is 73.6 Å². The van der Waals surface area contributed by atoms with E-state index in [2.05, 4.69) is 5.32 Å². The van der Waals surface area contributed by atoms with Crippen molar-refractivity contribution in [2.24, 2.45) is 0 Å². The Morgan fingerprint density at radius 2 is 1.62 bits per heavy atom. The van der Waals surface area contributed by atoms with Crippen molar-refractivity contribution in [2.45, 2.75) is 64.0 Å². The highest BCUT2D eigenvalue weighted by Crippen LogP contribution is 2.32. The summed E-state index contributed by atoms with van der Waals surface area (Å²) in [7, 11) is 0. The van der Waals surface area contributed by atoms with Crippen LogP contribution in [0.25, 0.3) is 0 Å². The van der Waals surface area contributed by atoms with Crippen molar-refractivity contribution in [2.75, 3.05) is 6.54 Å². The highest BCUT2D eigenvalue weighted by Gasteiger charge is 2.43. The van der Waals surface area contributed by atoms with Gasteiger partial charge in [-0.05, 0) is 45.7 Å². The van der Waals surface area contributed by atoms with E-state index < -0.39 is 17.2 Å². The maximum atomic E-state index is 12.7. The van der Waals surface area contributed by atoms with E-state index in [1.54, 1.807) is 24.3 Å². The Kier molecular flexibility index (Phi) is 4.78. The van der Waals surface area contributed by atoms with Gasteiger partial charge in [0.05, 0.1) is 23.2 Å². The summed E-state index contributed by atoms with van der Waals surface area (Å²) in [4.78, 5) is 39.0. The van der Waals surface area contributed by atoms with E-state index in [1.165, 1.54) is 4.90 Å². The molecule has 1 aliphatic carbocycles. The molecule has 2 aliphatic rings. The first-order valence-electron chi connectivity index (χ1n) is 9.17. The molecule has 0 spiro atoms. The molecule has 1 N–H and O–H groups in total. The molecule has 3 amide bonds. The van der Waals surface area contributed by atoms with Crippen LogP contribution < -0.4 is 5.32 Å². The van der Waals surface area contributed by atoms with Gasteiger partial charge in [0.15, 0.2) is 0 Å². The number of nitrogens with one attached hydrogen (secondary N) is 1. The molecule has 140 valence electrons. The fourth-order valence-corrected chi connectivity index (χ4v) is 3.76. The maximum Gasteiger partial charge on any atom is 0.408 e. The molecular weight excluding hydrogens is 332 g/mol. The predicted octanol–water partition coefficient (Wildman–Crippen LogP) is 3.51. The van der Waals surface area contributed by atoms with E-state index in [9.17, 15) is 14.4 Å². The van der Waals surface area contributed by atoms with Crippen LogP contribution >= 0.6 is 0 Å². The fraction of sp³-hybridized carbons (Fsp3) is 0.550. The predicted molar refractivity (Wildman–Crippen MR) is 97.0 cm³/mol. The summed E-state index contributed by atoms with van der Waals surface area (Å²) in [5.41, 5.74) is -0.370. The molecule has 26 heavy (non-hydrogen) atoms. The van der Waals surface area contributed by atoms with Crippen LogP contribution in [0.5, 0.6) is 0 Å². The highest BCUT2D eigenvalue weighted by molar-refractivity contribution is 6.21. The van der Waals surface area contributed by atoms with Crippen molar-refractivity contribution < 1.29 is 19.1 Å². The summed E-state index contributed by atoms with van der Waals surface area (Å²) in [6.07, 6.45) is 3.91. The molecule has 3 rings (SSSR count). The van der Waals surface area contributed by atoms with Gasteiger partial charge in [-0.1, -0.05) is 31.4 Å². The number of rotatable bonds is 3. The number of amides is 3. The molecule has 0 aromatic heterocycles. The van der Waals surface area contributed by atoms with Gasteiger partial charge in [0.2, 0.25) is 0 Å². The third-order valence-corrected chi connectivity index (χ3v) is 4.92. The molecule has 0 unspecified atom stereocenters. The monoisotopic (exact) mass is 358 g/mol. The highest BCUT2D eigenvalue weighted by atomic mass is 16.6. The normalized spacial score (nSPS) is 19.3. The number of hydrogen-bond acceptors (Lipinski definition) is 4. The SMILES string of the molecule is CC(C)(C)OC(=O)NC1(CN2C(=O)c3ccccc3C2=O)CCCCC1. The smallest absolute Gasteiger partial charge is 0.408 e. The molecule has 1 fully saturated rings. The Morgan fingerprint density at radius 1 is 1.08 bits per heavy atom. The third kappa shape index (κ3) is 3.74. The Balaban J connectivity index is 1.80. The number of carbonyl (C=O) groups is 3. The van der Waals surface area contributed by atoms with Crippen molar-refractivity contribution in [1.29, 1.82) is 0 Å². The Labute approximate surface area is 153 Å². The summed E-state index contributed by atoms with van der Waals surface area (Å²) >= 11 is 0. The van der Waals surface area contributed by atoms with Crippen molar-refractivity contribution >= 4 is 17.9 Å². The Hall–Kier alpha value is -2.37. The lowest BCUT2D eigenvalue weighted by atomic mass is 9.81. The van der Waals surface area contributed by atoms with Gasteiger partial charge in [-0.2, -0.15) is 0 Å². The average molecular weight is 358 g/mol. The average Bonchev–Trinajstić information content (AvgIpc) is 2.79. The van der Waals surface area contributed by atoms with E-state index in [0.29, 0.717) is 11.1 Å². The van der Waals surface area contributed by atoms with Gasteiger partial charge in [-0.25, -0.2) is 4.79 Å². The van der Waals surface area contributed by atoms with Gasteiger partial charge in [0, 0.05) is 0 Å². The number of fused-ring (bicyclic) bond motifs is 1. The van der Waals surface area contributed by atoms with E-state index in [0.717, 1.165) is 32.1 Å². The first-order chi connectivity index (χ1) is 12.2. The van der Waals surface area contributed by atoms with Crippen molar-refractivity contribution in [3.8, 4) is 0 Å². The van der Waals surface area contributed by atoms with Crippen LogP contribution in [0.2, 0.25) is 0 Å². The Bertz CT molecular complexity index is 695. The minimum absolute atomic E-state index is 0.179. The fourth-order valence-electron chi connectivity index (χ4n) is 3.76. The molecule has 0 radical (unpaired) electrons.